The number of aromatic nitrogens is 2. The molecule has 2 atom stereocenters. The maximum atomic E-state index is 2.61. The molecule has 0 saturated heterocycles. The second-order valence-corrected chi connectivity index (χ2v) is 18.2. The highest BCUT2D eigenvalue weighted by atomic mass is 32.1. The third-order valence-electron chi connectivity index (χ3n) is 12.9. The topological polar surface area (TPSA) is 9.86 Å². The molecule has 0 aliphatic heterocycles. The molecule has 4 aromatic heterocycles. The van der Waals surface area contributed by atoms with Crippen molar-refractivity contribution in [2.75, 3.05) is 0 Å². The van der Waals surface area contributed by atoms with Crippen LogP contribution in [0.15, 0.2) is 176 Å². The molecule has 4 heterocycles. The van der Waals surface area contributed by atoms with Gasteiger partial charge in [0.25, 0.3) is 0 Å². The number of rotatable bonds is 4. The average Bonchev–Trinajstić information content (AvgIpc) is 4.03. The molecule has 7 aromatic carbocycles. The summed E-state index contributed by atoms with van der Waals surface area (Å²) in [6.07, 6.45) is 14.1. The largest absolute Gasteiger partial charge is 0.312 e. The lowest BCUT2D eigenvalue weighted by Gasteiger charge is -2.28. The summed E-state index contributed by atoms with van der Waals surface area (Å²) in [6, 6.07) is 56.5. The maximum absolute atomic E-state index is 2.61. The van der Waals surface area contributed by atoms with Crippen LogP contribution in [0.3, 0.4) is 0 Å². The van der Waals surface area contributed by atoms with Crippen molar-refractivity contribution in [1.29, 1.82) is 0 Å². The van der Waals surface area contributed by atoms with Crippen LogP contribution in [-0.2, 0) is 6.42 Å². The van der Waals surface area contributed by atoms with Crippen LogP contribution in [0.2, 0.25) is 0 Å². The summed E-state index contributed by atoms with van der Waals surface area (Å²) in [7, 11) is 0. The van der Waals surface area contributed by atoms with Crippen molar-refractivity contribution in [2.45, 2.75) is 12.8 Å². The van der Waals surface area contributed by atoms with E-state index in [1.54, 1.807) is 0 Å². The van der Waals surface area contributed by atoms with Gasteiger partial charge in [-0.05, 0) is 114 Å². The highest BCUT2D eigenvalue weighted by molar-refractivity contribution is 7.25. The van der Waals surface area contributed by atoms with E-state index in [0.29, 0.717) is 11.8 Å². The first-order chi connectivity index (χ1) is 28.7. The molecule has 13 rings (SSSR count). The number of fused-ring (bicyclic) bond motifs is 13. The Labute approximate surface area is 343 Å². The van der Waals surface area contributed by atoms with E-state index in [-0.39, 0.29) is 0 Å². The van der Waals surface area contributed by atoms with E-state index in [0.717, 1.165) is 12.8 Å². The Hall–Kier alpha value is -6.46. The molecule has 274 valence electrons. The molecule has 2 aliphatic carbocycles. The zero-order valence-electron chi connectivity index (χ0n) is 31.6. The van der Waals surface area contributed by atoms with Crippen LogP contribution in [0.5, 0.6) is 0 Å². The number of benzene rings is 7. The van der Waals surface area contributed by atoms with Gasteiger partial charge in [-0.15, -0.1) is 22.7 Å². The Morgan fingerprint density at radius 1 is 0.466 bits per heavy atom. The summed E-state index contributed by atoms with van der Waals surface area (Å²) in [4.78, 5) is 1.43. The van der Waals surface area contributed by atoms with Gasteiger partial charge in [0.2, 0.25) is 0 Å². The first-order valence-corrected chi connectivity index (χ1v) is 21.9. The summed E-state index contributed by atoms with van der Waals surface area (Å²) in [5.41, 5.74) is 11.5. The van der Waals surface area contributed by atoms with Crippen molar-refractivity contribution in [3.63, 3.8) is 0 Å². The van der Waals surface area contributed by atoms with E-state index in [9.17, 15) is 0 Å². The normalized spacial score (nSPS) is 16.8. The van der Waals surface area contributed by atoms with Crippen LogP contribution in [0.25, 0.3) is 102 Å². The highest BCUT2D eigenvalue weighted by Gasteiger charge is 2.28. The molecule has 0 fully saturated rings. The van der Waals surface area contributed by atoms with Gasteiger partial charge in [0.15, 0.2) is 0 Å². The number of thiophene rings is 2. The van der Waals surface area contributed by atoms with E-state index in [2.05, 4.69) is 191 Å². The summed E-state index contributed by atoms with van der Waals surface area (Å²) in [6.45, 7) is 0. The molecule has 2 unspecified atom stereocenters. The predicted molar refractivity (Wildman–Crippen MR) is 252 cm³/mol. The van der Waals surface area contributed by atoms with Crippen molar-refractivity contribution < 1.29 is 0 Å². The van der Waals surface area contributed by atoms with Gasteiger partial charge in [-0.2, -0.15) is 0 Å². The molecular weight excluding hydrogens is 741 g/mol. The SMILES string of the molecule is C1=CC(C2C=Cc3sc4ccccc4c3C2)CC(n2c3ccccc3c3ccc4c(c5ccccc5n4-c4cccc(-c5ccc6sc7ccccc7c6c5)c4)c32)=C1. The van der Waals surface area contributed by atoms with Gasteiger partial charge in [-0.25, -0.2) is 0 Å². The Morgan fingerprint density at radius 3 is 2.05 bits per heavy atom. The molecule has 0 bridgehead atoms. The lowest BCUT2D eigenvalue weighted by molar-refractivity contribution is 0.474. The summed E-state index contributed by atoms with van der Waals surface area (Å²) >= 11 is 3.80. The van der Waals surface area contributed by atoms with Gasteiger partial charge in [0, 0.05) is 62.7 Å². The summed E-state index contributed by atoms with van der Waals surface area (Å²) < 4.78 is 9.16. The summed E-state index contributed by atoms with van der Waals surface area (Å²) in [5.74, 6) is 0.862. The fraction of sp³-hybridized carbons (Fsp3) is 0.0741. The molecule has 4 heteroatoms. The maximum Gasteiger partial charge on any atom is 0.0638 e. The van der Waals surface area contributed by atoms with Gasteiger partial charge >= 0.3 is 0 Å². The van der Waals surface area contributed by atoms with Crippen molar-refractivity contribution >= 4 is 108 Å². The second kappa shape index (κ2) is 12.5. The number of para-hydroxylation sites is 2. The van der Waals surface area contributed by atoms with E-state index in [1.165, 1.54) is 107 Å². The zero-order valence-corrected chi connectivity index (χ0v) is 33.2. The van der Waals surface area contributed by atoms with Gasteiger partial charge < -0.3 is 9.13 Å². The van der Waals surface area contributed by atoms with Crippen LogP contribution in [-0.4, -0.2) is 9.13 Å². The lowest BCUT2D eigenvalue weighted by atomic mass is 9.79. The molecule has 11 aromatic rings. The van der Waals surface area contributed by atoms with Crippen LogP contribution in [0.1, 0.15) is 16.9 Å². The smallest absolute Gasteiger partial charge is 0.0638 e. The molecule has 0 N–H and O–H groups in total. The second-order valence-electron chi connectivity index (χ2n) is 16.0. The van der Waals surface area contributed by atoms with Crippen molar-refractivity contribution in [1.82, 2.24) is 9.13 Å². The third kappa shape index (κ3) is 4.76. The zero-order chi connectivity index (χ0) is 37.9. The molecular formula is C54H36N2S2. The standard InChI is InChI=1S/C54H36N2S2/c1-5-19-46-39(15-1)42-25-26-48-53(54(42)56(46)38-14-10-12-34(30-38)36-24-28-52-45(32-36)41-17-4-8-22-50(41)58-52)43-18-2-6-20-47(43)55(48)37-13-9-11-33(29-37)35-23-27-51-44(31-35)40-16-3-7-21-49(40)57-51/h1-29,31,34,36H,30,32H2. The van der Waals surface area contributed by atoms with Crippen LogP contribution < -0.4 is 0 Å². The van der Waals surface area contributed by atoms with Gasteiger partial charge in [-0.1, -0.05) is 115 Å². The lowest BCUT2D eigenvalue weighted by Crippen LogP contribution is -2.19. The molecule has 2 nitrogen and oxygen atoms in total. The molecule has 0 radical (unpaired) electrons. The first-order valence-electron chi connectivity index (χ1n) is 20.3. The number of hydrogen-bond acceptors (Lipinski definition) is 2. The van der Waals surface area contributed by atoms with E-state index < -0.39 is 0 Å². The minimum Gasteiger partial charge on any atom is -0.312 e. The van der Waals surface area contributed by atoms with E-state index in [1.807, 2.05) is 22.7 Å². The summed E-state index contributed by atoms with van der Waals surface area (Å²) in [5, 5.41) is 9.27. The Balaban J connectivity index is 0.967. The minimum atomic E-state index is 0.411. The molecule has 2 aliphatic rings. The van der Waals surface area contributed by atoms with E-state index >= 15 is 0 Å². The molecule has 58 heavy (non-hydrogen) atoms. The molecule has 0 spiro atoms. The molecule has 0 amide bonds. The van der Waals surface area contributed by atoms with Crippen molar-refractivity contribution in [2.24, 2.45) is 11.8 Å². The van der Waals surface area contributed by atoms with Gasteiger partial charge in [-0.3, -0.25) is 0 Å². The number of allylic oxidation sites excluding steroid dienone is 5. The number of nitrogens with zero attached hydrogens (tertiary/aromatic N) is 2. The average molecular weight is 777 g/mol. The third-order valence-corrected chi connectivity index (χ3v) is 15.2. The number of hydrogen-bond donors (Lipinski definition) is 0. The van der Waals surface area contributed by atoms with Crippen LogP contribution in [0.4, 0.5) is 0 Å². The monoisotopic (exact) mass is 776 g/mol. The van der Waals surface area contributed by atoms with Crippen molar-refractivity contribution in [3.8, 4) is 16.8 Å². The fourth-order valence-corrected chi connectivity index (χ4v) is 12.5. The van der Waals surface area contributed by atoms with Gasteiger partial charge in [0.05, 0.1) is 22.1 Å². The molecule has 0 saturated carbocycles. The fourth-order valence-electron chi connectivity index (χ4n) is 10.2. The highest BCUT2D eigenvalue weighted by Crippen LogP contribution is 2.46. The van der Waals surface area contributed by atoms with Crippen molar-refractivity contribution in [3.05, 3.63) is 186 Å². The van der Waals surface area contributed by atoms with Crippen LogP contribution >= 0.6 is 22.7 Å². The Morgan fingerprint density at radius 2 is 1.17 bits per heavy atom. The first kappa shape index (κ1) is 32.6. The van der Waals surface area contributed by atoms with Crippen LogP contribution in [0, 0.1) is 11.8 Å². The quantitative estimate of drug-likeness (QED) is 0.168. The predicted octanol–water partition coefficient (Wildman–Crippen LogP) is 15.4. The van der Waals surface area contributed by atoms with E-state index in [4.69, 9.17) is 0 Å². The minimum absolute atomic E-state index is 0.411. The Bertz CT molecular complexity index is 3600. The Kier molecular flexibility index (Phi) is 7.04. The van der Waals surface area contributed by atoms with Gasteiger partial charge in [0.1, 0.15) is 0 Å².